The maximum Gasteiger partial charge on any atom is 0.306 e. The second kappa shape index (κ2) is 6.12. The standard InChI is InChI=1S/C15H25NO4/c1-8-9(2)20-10(3)13(8)14(17)16-12-6-4-5-11(7-12)15(18)19/h8-13H,4-7H2,1-3H3,(H,16,17)(H,18,19). The summed E-state index contributed by atoms with van der Waals surface area (Å²) in [5.41, 5.74) is 0. The van der Waals surface area contributed by atoms with E-state index in [1.807, 2.05) is 20.8 Å². The average Bonchev–Trinajstić information content (AvgIpc) is 2.63. The molecule has 20 heavy (non-hydrogen) atoms. The molecule has 5 nitrogen and oxygen atoms in total. The first-order valence-electron chi connectivity index (χ1n) is 7.58. The van der Waals surface area contributed by atoms with Crippen molar-refractivity contribution in [1.82, 2.24) is 5.32 Å². The van der Waals surface area contributed by atoms with Crippen LogP contribution in [0.2, 0.25) is 0 Å². The van der Waals surface area contributed by atoms with E-state index in [0.29, 0.717) is 6.42 Å². The zero-order valence-electron chi connectivity index (χ0n) is 12.5. The number of hydrogen-bond donors (Lipinski definition) is 2. The summed E-state index contributed by atoms with van der Waals surface area (Å²) >= 11 is 0. The molecule has 0 aromatic carbocycles. The summed E-state index contributed by atoms with van der Waals surface area (Å²) in [4.78, 5) is 23.5. The van der Waals surface area contributed by atoms with Crippen molar-refractivity contribution in [2.24, 2.45) is 17.8 Å². The van der Waals surface area contributed by atoms with Crippen molar-refractivity contribution >= 4 is 11.9 Å². The highest BCUT2D eigenvalue weighted by atomic mass is 16.5. The Bertz CT molecular complexity index is 384. The molecule has 1 amide bonds. The molecule has 0 spiro atoms. The summed E-state index contributed by atoms with van der Waals surface area (Å²) in [5.74, 6) is -0.976. The molecule has 0 radical (unpaired) electrons. The summed E-state index contributed by atoms with van der Waals surface area (Å²) in [7, 11) is 0. The Balaban J connectivity index is 1.92. The number of aliphatic carboxylic acids is 1. The van der Waals surface area contributed by atoms with Crippen molar-refractivity contribution in [3.63, 3.8) is 0 Å². The van der Waals surface area contributed by atoms with Crippen LogP contribution in [0.4, 0.5) is 0 Å². The lowest BCUT2D eigenvalue weighted by molar-refractivity contribution is -0.143. The largest absolute Gasteiger partial charge is 0.481 e. The molecule has 5 heteroatoms. The highest BCUT2D eigenvalue weighted by Crippen LogP contribution is 2.33. The molecule has 0 aromatic heterocycles. The van der Waals surface area contributed by atoms with Gasteiger partial charge in [0, 0.05) is 6.04 Å². The molecule has 1 heterocycles. The first kappa shape index (κ1) is 15.3. The van der Waals surface area contributed by atoms with E-state index in [2.05, 4.69) is 5.32 Å². The molecule has 114 valence electrons. The Morgan fingerprint density at radius 2 is 1.85 bits per heavy atom. The van der Waals surface area contributed by atoms with E-state index in [9.17, 15) is 9.59 Å². The summed E-state index contributed by atoms with van der Waals surface area (Å²) in [6.07, 6.45) is 3.04. The zero-order valence-corrected chi connectivity index (χ0v) is 12.5. The SMILES string of the molecule is CC1OC(C)C(C(=O)NC2CCCC(C(=O)O)C2)C1C. The molecular weight excluding hydrogens is 258 g/mol. The summed E-state index contributed by atoms with van der Waals surface area (Å²) in [6, 6.07) is -0.00680. The zero-order chi connectivity index (χ0) is 14.9. The second-order valence-electron chi connectivity index (χ2n) is 6.34. The van der Waals surface area contributed by atoms with Gasteiger partial charge in [0.25, 0.3) is 0 Å². The Hall–Kier alpha value is -1.10. The lowest BCUT2D eigenvalue weighted by Crippen LogP contribution is -2.45. The van der Waals surface area contributed by atoms with Gasteiger partial charge in [-0.1, -0.05) is 13.3 Å². The van der Waals surface area contributed by atoms with Gasteiger partial charge in [-0.15, -0.1) is 0 Å². The minimum Gasteiger partial charge on any atom is -0.481 e. The van der Waals surface area contributed by atoms with Gasteiger partial charge in [-0.05, 0) is 39.0 Å². The van der Waals surface area contributed by atoms with Gasteiger partial charge in [0.05, 0.1) is 24.0 Å². The van der Waals surface area contributed by atoms with Gasteiger partial charge in [-0.2, -0.15) is 0 Å². The van der Waals surface area contributed by atoms with Crippen molar-refractivity contribution in [2.75, 3.05) is 0 Å². The van der Waals surface area contributed by atoms with Crippen LogP contribution in [-0.4, -0.2) is 35.2 Å². The van der Waals surface area contributed by atoms with E-state index >= 15 is 0 Å². The fourth-order valence-electron chi connectivity index (χ4n) is 3.56. The Morgan fingerprint density at radius 3 is 2.40 bits per heavy atom. The van der Waals surface area contributed by atoms with Crippen LogP contribution in [0.5, 0.6) is 0 Å². The second-order valence-corrected chi connectivity index (χ2v) is 6.34. The summed E-state index contributed by atoms with van der Waals surface area (Å²) < 4.78 is 5.70. The Morgan fingerprint density at radius 1 is 1.15 bits per heavy atom. The molecule has 1 aliphatic heterocycles. The van der Waals surface area contributed by atoms with E-state index in [-0.39, 0.29) is 41.9 Å². The number of amides is 1. The Labute approximate surface area is 120 Å². The quantitative estimate of drug-likeness (QED) is 0.828. The number of carboxylic acid groups (broad SMARTS) is 1. The van der Waals surface area contributed by atoms with Crippen LogP contribution in [0.1, 0.15) is 46.5 Å². The van der Waals surface area contributed by atoms with Crippen LogP contribution in [0.3, 0.4) is 0 Å². The van der Waals surface area contributed by atoms with Gasteiger partial charge >= 0.3 is 5.97 Å². The molecule has 0 aromatic rings. The molecule has 6 unspecified atom stereocenters. The highest BCUT2D eigenvalue weighted by Gasteiger charge is 2.42. The molecule has 0 bridgehead atoms. The molecular formula is C15H25NO4. The lowest BCUT2D eigenvalue weighted by Gasteiger charge is -2.29. The summed E-state index contributed by atoms with van der Waals surface area (Å²) in [6.45, 7) is 5.97. The smallest absolute Gasteiger partial charge is 0.306 e. The third-order valence-corrected chi connectivity index (χ3v) is 4.91. The van der Waals surface area contributed by atoms with E-state index in [4.69, 9.17) is 9.84 Å². The van der Waals surface area contributed by atoms with Crippen molar-refractivity contribution in [2.45, 2.75) is 64.7 Å². The van der Waals surface area contributed by atoms with Crippen molar-refractivity contribution < 1.29 is 19.4 Å². The topological polar surface area (TPSA) is 75.6 Å². The van der Waals surface area contributed by atoms with Crippen LogP contribution >= 0.6 is 0 Å². The van der Waals surface area contributed by atoms with Crippen molar-refractivity contribution in [3.8, 4) is 0 Å². The van der Waals surface area contributed by atoms with Crippen LogP contribution in [0.15, 0.2) is 0 Å². The number of hydrogen-bond acceptors (Lipinski definition) is 3. The number of carbonyl (C=O) groups excluding carboxylic acids is 1. The van der Waals surface area contributed by atoms with Crippen molar-refractivity contribution in [1.29, 1.82) is 0 Å². The fraction of sp³-hybridized carbons (Fsp3) is 0.867. The van der Waals surface area contributed by atoms with E-state index in [1.165, 1.54) is 0 Å². The fourth-order valence-corrected chi connectivity index (χ4v) is 3.56. The minimum absolute atomic E-state index is 0.00680. The number of carbonyl (C=O) groups is 2. The molecule has 2 aliphatic rings. The molecule has 2 rings (SSSR count). The predicted octanol–water partition coefficient (Wildman–Crippen LogP) is 1.81. The van der Waals surface area contributed by atoms with Crippen molar-refractivity contribution in [3.05, 3.63) is 0 Å². The van der Waals surface area contributed by atoms with Gasteiger partial charge in [0.15, 0.2) is 0 Å². The highest BCUT2D eigenvalue weighted by molar-refractivity contribution is 5.80. The molecule has 2 N–H and O–H groups in total. The summed E-state index contributed by atoms with van der Waals surface area (Å²) in [5, 5.41) is 12.1. The first-order valence-corrected chi connectivity index (χ1v) is 7.58. The van der Waals surface area contributed by atoms with Crippen LogP contribution < -0.4 is 5.32 Å². The van der Waals surface area contributed by atoms with Gasteiger partial charge < -0.3 is 15.2 Å². The predicted molar refractivity (Wildman–Crippen MR) is 74.2 cm³/mol. The molecule has 2 fully saturated rings. The Kier molecular flexibility index (Phi) is 4.68. The maximum atomic E-state index is 12.4. The molecule has 1 aliphatic carbocycles. The normalized spacial score (nSPS) is 41.4. The van der Waals surface area contributed by atoms with Gasteiger partial charge in [-0.3, -0.25) is 9.59 Å². The van der Waals surface area contributed by atoms with Crippen LogP contribution in [0, 0.1) is 17.8 Å². The number of rotatable bonds is 3. The van der Waals surface area contributed by atoms with Crippen LogP contribution in [-0.2, 0) is 14.3 Å². The first-order chi connectivity index (χ1) is 9.40. The molecule has 1 saturated carbocycles. The number of ether oxygens (including phenoxy) is 1. The monoisotopic (exact) mass is 283 g/mol. The van der Waals surface area contributed by atoms with Gasteiger partial charge in [0.1, 0.15) is 0 Å². The minimum atomic E-state index is -0.747. The number of nitrogens with one attached hydrogen (secondary N) is 1. The van der Waals surface area contributed by atoms with Crippen LogP contribution in [0.25, 0.3) is 0 Å². The van der Waals surface area contributed by atoms with E-state index in [1.54, 1.807) is 0 Å². The number of carboxylic acids is 1. The molecule has 1 saturated heterocycles. The van der Waals surface area contributed by atoms with E-state index < -0.39 is 5.97 Å². The third kappa shape index (κ3) is 3.14. The third-order valence-electron chi connectivity index (χ3n) is 4.91. The van der Waals surface area contributed by atoms with Gasteiger partial charge in [-0.25, -0.2) is 0 Å². The molecule has 6 atom stereocenters. The lowest BCUT2D eigenvalue weighted by atomic mass is 9.84. The average molecular weight is 283 g/mol. The van der Waals surface area contributed by atoms with Gasteiger partial charge in [0.2, 0.25) is 5.91 Å². The van der Waals surface area contributed by atoms with E-state index in [0.717, 1.165) is 19.3 Å². The maximum absolute atomic E-state index is 12.4.